The fourth-order valence-electron chi connectivity index (χ4n) is 3.48. The number of pyridine rings is 1. The number of likely N-dealkylation sites (tertiary alicyclic amines) is 1. The molecule has 0 aromatic carbocycles. The first kappa shape index (κ1) is 19.5. The van der Waals surface area contributed by atoms with Gasteiger partial charge in [0.1, 0.15) is 5.75 Å². The van der Waals surface area contributed by atoms with Gasteiger partial charge >= 0.3 is 0 Å². The summed E-state index contributed by atoms with van der Waals surface area (Å²) in [5.41, 5.74) is 3.07. The Kier molecular flexibility index (Phi) is 7.50. The zero-order chi connectivity index (χ0) is 18.2. The molecule has 6 heteroatoms. The first-order valence-corrected chi connectivity index (χ1v) is 9.35. The monoisotopic (exact) mass is 347 g/mol. The SMILES string of the molecule is CCNC(=NCc1ncc(C)c(OC)c1C)NCC1CCCN1CC. The summed E-state index contributed by atoms with van der Waals surface area (Å²) in [4.78, 5) is 11.8. The maximum atomic E-state index is 5.48. The number of hydrogen-bond donors (Lipinski definition) is 2. The minimum atomic E-state index is 0.542. The molecule has 1 aromatic heterocycles. The second kappa shape index (κ2) is 9.61. The van der Waals surface area contributed by atoms with E-state index in [1.807, 2.05) is 20.0 Å². The van der Waals surface area contributed by atoms with Gasteiger partial charge in [0.05, 0.1) is 19.3 Å². The van der Waals surface area contributed by atoms with E-state index in [0.717, 1.165) is 48.2 Å². The van der Waals surface area contributed by atoms with Gasteiger partial charge in [-0.3, -0.25) is 9.88 Å². The van der Waals surface area contributed by atoms with E-state index in [1.54, 1.807) is 7.11 Å². The molecule has 140 valence electrons. The number of ether oxygens (including phenoxy) is 1. The molecule has 1 aliphatic rings. The van der Waals surface area contributed by atoms with Crippen molar-refractivity contribution in [1.82, 2.24) is 20.5 Å². The summed E-state index contributed by atoms with van der Waals surface area (Å²) in [6, 6.07) is 0.605. The smallest absolute Gasteiger partial charge is 0.191 e. The zero-order valence-corrected chi connectivity index (χ0v) is 16.4. The van der Waals surface area contributed by atoms with E-state index in [2.05, 4.69) is 34.4 Å². The number of aryl methyl sites for hydroxylation is 1. The van der Waals surface area contributed by atoms with Gasteiger partial charge in [0.15, 0.2) is 5.96 Å². The molecule has 0 saturated carbocycles. The van der Waals surface area contributed by atoms with Crippen LogP contribution in [0.5, 0.6) is 5.75 Å². The molecule has 1 unspecified atom stereocenters. The van der Waals surface area contributed by atoms with Crippen molar-refractivity contribution in [3.05, 3.63) is 23.0 Å². The molecule has 0 spiro atoms. The zero-order valence-electron chi connectivity index (χ0n) is 16.4. The van der Waals surface area contributed by atoms with Crippen molar-refractivity contribution >= 4 is 5.96 Å². The molecule has 0 aliphatic carbocycles. The molecule has 1 aromatic rings. The predicted molar refractivity (Wildman–Crippen MR) is 103 cm³/mol. The number of rotatable bonds is 7. The van der Waals surface area contributed by atoms with Gasteiger partial charge in [-0.25, -0.2) is 4.99 Å². The summed E-state index contributed by atoms with van der Waals surface area (Å²) in [6.07, 6.45) is 4.41. The second-order valence-electron chi connectivity index (χ2n) is 6.55. The third kappa shape index (κ3) is 5.08. The van der Waals surface area contributed by atoms with Crippen LogP contribution in [-0.2, 0) is 6.54 Å². The molecular formula is C19H33N5O. The maximum absolute atomic E-state index is 5.48. The number of guanidine groups is 1. The normalized spacial score (nSPS) is 18.4. The van der Waals surface area contributed by atoms with Crippen LogP contribution in [0.1, 0.15) is 43.5 Å². The van der Waals surface area contributed by atoms with E-state index in [0.29, 0.717) is 12.6 Å². The summed E-state index contributed by atoms with van der Waals surface area (Å²) in [7, 11) is 1.70. The Balaban J connectivity index is 2.02. The third-order valence-electron chi connectivity index (χ3n) is 4.89. The molecule has 2 N–H and O–H groups in total. The number of nitrogens with zero attached hydrogens (tertiary/aromatic N) is 3. The Morgan fingerprint density at radius 3 is 2.84 bits per heavy atom. The lowest BCUT2D eigenvalue weighted by molar-refractivity contribution is 0.267. The topological polar surface area (TPSA) is 61.8 Å². The maximum Gasteiger partial charge on any atom is 0.191 e. The van der Waals surface area contributed by atoms with Crippen LogP contribution in [0.2, 0.25) is 0 Å². The number of aliphatic imine (C=N–C) groups is 1. The van der Waals surface area contributed by atoms with E-state index >= 15 is 0 Å². The molecule has 0 amide bonds. The van der Waals surface area contributed by atoms with Gasteiger partial charge in [-0.05, 0) is 46.7 Å². The molecule has 1 saturated heterocycles. The van der Waals surface area contributed by atoms with E-state index < -0.39 is 0 Å². The average molecular weight is 348 g/mol. The van der Waals surface area contributed by atoms with E-state index in [4.69, 9.17) is 9.73 Å². The molecule has 1 aliphatic heterocycles. The molecule has 2 heterocycles. The van der Waals surface area contributed by atoms with Crippen LogP contribution < -0.4 is 15.4 Å². The Labute approximate surface area is 152 Å². The molecule has 2 rings (SSSR count). The van der Waals surface area contributed by atoms with Crippen molar-refractivity contribution in [3.63, 3.8) is 0 Å². The van der Waals surface area contributed by atoms with Gasteiger partial charge in [-0.2, -0.15) is 0 Å². The largest absolute Gasteiger partial charge is 0.496 e. The number of methoxy groups -OCH3 is 1. The second-order valence-corrected chi connectivity index (χ2v) is 6.55. The summed E-state index contributed by atoms with van der Waals surface area (Å²) in [5, 5.41) is 6.83. The molecule has 0 bridgehead atoms. The minimum Gasteiger partial charge on any atom is -0.496 e. The van der Waals surface area contributed by atoms with Crippen molar-refractivity contribution in [2.75, 3.05) is 33.3 Å². The van der Waals surface area contributed by atoms with Gasteiger partial charge in [0.25, 0.3) is 0 Å². The highest BCUT2D eigenvalue weighted by molar-refractivity contribution is 5.79. The summed E-state index contributed by atoms with van der Waals surface area (Å²) >= 11 is 0. The first-order chi connectivity index (χ1) is 12.1. The molecule has 1 fully saturated rings. The van der Waals surface area contributed by atoms with Crippen molar-refractivity contribution in [1.29, 1.82) is 0 Å². The highest BCUT2D eigenvalue weighted by atomic mass is 16.5. The highest BCUT2D eigenvalue weighted by Crippen LogP contribution is 2.24. The van der Waals surface area contributed by atoms with Gasteiger partial charge in [-0.1, -0.05) is 6.92 Å². The Bertz CT molecular complexity index is 587. The summed E-state index contributed by atoms with van der Waals surface area (Å²) < 4.78 is 5.48. The fourth-order valence-corrected chi connectivity index (χ4v) is 3.48. The van der Waals surface area contributed by atoms with Crippen LogP contribution in [0.4, 0.5) is 0 Å². The van der Waals surface area contributed by atoms with Gasteiger partial charge in [-0.15, -0.1) is 0 Å². The summed E-state index contributed by atoms with van der Waals surface area (Å²) in [6.45, 7) is 13.0. The van der Waals surface area contributed by atoms with Crippen LogP contribution in [0.3, 0.4) is 0 Å². The van der Waals surface area contributed by atoms with Crippen molar-refractivity contribution in [2.24, 2.45) is 4.99 Å². The average Bonchev–Trinajstić information content (AvgIpc) is 3.06. The summed E-state index contributed by atoms with van der Waals surface area (Å²) in [5.74, 6) is 1.76. The molecule has 0 radical (unpaired) electrons. The standard InChI is InChI=1S/C19H33N5O/c1-6-20-19(22-12-16-9-8-10-24(16)7-2)23-13-17-15(4)18(25-5)14(3)11-21-17/h11,16H,6-10,12-13H2,1-5H3,(H2,20,22,23). The van der Waals surface area contributed by atoms with Crippen molar-refractivity contribution < 1.29 is 4.74 Å². The minimum absolute atomic E-state index is 0.542. The van der Waals surface area contributed by atoms with Crippen LogP contribution in [-0.4, -0.2) is 55.2 Å². The number of aromatic nitrogens is 1. The Morgan fingerprint density at radius 2 is 2.16 bits per heavy atom. The van der Waals surface area contributed by atoms with Gasteiger partial charge in [0.2, 0.25) is 0 Å². The number of likely N-dealkylation sites (N-methyl/N-ethyl adjacent to an activating group) is 1. The number of hydrogen-bond acceptors (Lipinski definition) is 4. The van der Waals surface area contributed by atoms with Crippen molar-refractivity contribution in [3.8, 4) is 5.75 Å². The fraction of sp³-hybridized carbons (Fsp3) is 0.684. The van der Waals surface area contributed by atoms with Crippen LogP contribution >= 0.6 is 0 Å². The lowest BCUT2D eigenvalue weighted by Gasteiger charge is -2.24. The van der Waals surface area contributed by atoms with E-state index in [9.17, 15) is 0 Å². The van der Waals surface area contributed by atoms with Gasteiger partial charge in [0, 0.05) is 36.5 Å². The quantitative estimate of drug-likeness (QED) is 0.585. The van der Waals surface area contributed by atoms with Crippen LogP contribution in [0, 0.1) is 13.8 Å². The third-order valence-corrected chi connectivity index (χ3v) is 4.89. The highest BCUT2D eigenvalue weighted by Gasteiger charge is 2.22. The van der Waals surface area contributed by atoms with Gasteiger partial charge < -0.3 is 15.4 Å². The van der Waals surface area contributed by atoms with Crippen molar-refractivity contribution in [2.45, 2.75) is 53.1 Å². The lowest BCUT2D eigenvalue weighted by atomic mass is 10.1. The first-order valence-electron chi connectivity index (χ1n) is 9.35. The van der Waals surface area contributed by atoms with E-state index in [1.165, 1.54) is 19.4 Å². The Morgan fingerprint density at radius 1 is 1.36 bits per heavy atom. The Hall–Kier alpha value is -1.82. The number of nitrogens with one attached hydrogen (secondary N) is 2. The van der Waals surface area contributed by atoms with E-state index in [-0.39, 0.29) is 0 Å². The molecule has 6 nitrogen and oxygen atoms in total. The molecule has 25 heavy (non-hydrogen) atoms. The lowest BCUT2D eigenvalue weighted by Crippen LogP contribution is -2.44. The van der Waals surface area contributed by atoms with Crippen LogP contribution in [0.15, 0.2) is 11.2 Å². The molecular weight excluding hydrogens is 314 g/mol. The predicted octanol–water partition coefficient (Wildman–Crippen LogP) is 2.25. The molecule has 1 atom stereocenters. The van der Waals surface area contributed by atoms with Crippen LogP contribution in [0.25, 0.3) is 0 Å².